The fourth-order valence-corrected chi connectivity index (χ4v) is 2.29. The molecule has 1 aromatic heterocycles. The lowest BCUT2D eigenvalue weighted by Gasteiger charge is -2.01. The van der Waals surface area contributed by atoms with Gasteiger partial charge in [0.05, 0.1) is 17.6 Å². The molecule has 0 amide bonds. The number of rotatable bonds is 2. The van der Waals surface area contributed by atoms with Crippen LogP contribution in [0.5, 0.6) is 0 Å². The molecule has 0 atom stereocenters. The van der Waals surface area contributed by atoms with Gasteiger partial charge >= 0.3 is 0 Å². The number of nitrogens with zero attached hydrogens (tertiary/aromatic N) is 2. The lowest BCUT2D eigenvalue weighted by atomic mass is 10.1. The van der Waals surface area contributed by atoms with E-state index in [1.807, 2.05) is 48.5 Å². The molecule has 0 unspecified atom stereocenters. The van der Waals surface area contributed by atoms with Crippen molar-refractivity contribution >= 4 is 28.9 Å². The van der Waals surface area contributed by atoms with E-state index >= 15 is 0 Å². The lowest BCUT2D eigenvalue weighted by Crippen LogP contribution is -1.94. The summed E-state index contributed by atoms with van der Waals surface area (Å²) in [5.41, 5.74) is 9.14. The van der Waals surface area contributed by atoms with Crippen molar-refractivity contribution in [1.29, 1.82) is 0 Å². The Kier molecular flexibility index (Phi) is 3.38. The highest BCUT2D eigenvalue weighted by Crippen LogP contribution is 2.27. The monoisotopic (exact) mass is 303 g/mol. The van der Waals surface area contributed by atoms with E-state index in [-0.39, 0.29) is 0 Å². The van der Waals surface area contributed by atoms with Gasteiger partial charge < -0.3 is 5.73 Å². The summed E-state index contributed by atoms with van der Waals surface area (Å²) >= 11 is 11.9. The maximum absolute atomic E-state index is 6.04. The van der Waals surface area contributed by atoms with E-state index in [0.717, 1.165) is 11.3 Å². The summed E-state index contributed by atoms with van der Waals surface area (Å²) < 4.78 is 1.72. The second-order valence-corrected chi connectivity index (χ2v) is 5.24. The predicted octanol–water partition coefficient (Wildman–Crippen LogP) is 4.43. The van der Waals surface area contributed by atoms with E-state index in [1.54, 1.807) is 10.9 Å². The molecule has 1 heterocycles. The Hall–Kier alpha value is -1.97. The van der Waals surface area contributed by atoms with Crippen LogP contribution in [-0.2, 0) is 0 Å². The predicted molar refractivity (Wildman–Crippen MR) is 83.4 cm³/mol. The summed E-state index contributed by atoms with van der Waals surface area (Å²) in [7, 11) is 0. The molecule has 0 fully saturated rings. The minimum atomic E-state index is 0.599. The van der Waals surface area contributed by atoms with Gasteiger partial charge in [-0.2, -0.15) is 5.10 Å². The van der Waals surface area contributed by atoms with Gasteiger partial charge in [-0.1, -0.05) is 35.3 Å². The van der Waals surface area contributed by atoms with Gasteiger partial charge in [-0.25, -0.2) is 4.68 Å². The van der Waals surface area contributed by atoms with Crippen molar-refractivity contribution < 1.29 is 0 Å². The van der Waals surface area contributed by atoms with Gasteiger partial charge in [-0.3, -0.25) is 0 Å². The van der Waals surface area contributed by atoms with Gasteiger partial charge in [0.2, 0.25) is 0 Å². The van der Waals surface area contributed by atoms with Crippen LogP contribution >= 0.6 is 23.2 Å². The van der Waals surface area contributed by atoms with Crippen molar-refractivity contribution in [1.82, 2.24) is 9.78 Å². The van der Waals surface area contributed by atoms with Crippen LogP contribution in [0.3, 0.4) is 0 Å². The van der Waals surface area contributed by atoms with Crippen LogP contribution in [-0.4, -0.2) is 9.78 Å². The van der Waals surface area contributed by atoms with E-state index in [0.29, 0.717) is 21.4 Å². The topological polar surface area (TPSA) is 43.8 Å². The van der Waals surface area contributed by atoms with Crippen LogP contribution in [0.25, 0.3) is 16.9 Å². The number of nitrogens with two attached hydrogens (primary N) is 1. The first-order chi connectivity index (χ1) is 9.63. The molecule has 0 saturated heterocycles. The minimum absolute atomic E-state index is 0.599. The Bertz CT molecular complexity index is 748. The van der Waals surface area contributed by atoms with Gasteiger partial charge in [0, 0.05) is 15.6 Å². The smallest absolute Gasteiger partial charge is 0.116 e. The van der Waals surface area contributed by atoms with Crippen LogP contribution in [0.4, 0.5) is 5.69 Å². The molecule has 0 radical (unpaired) electrons. The van der Waals surface area contributed by atoms with Gasteiger partial charge in [0.25, 0.3) is 0 Å². The molecule has 3 rings (SSSR count). The molecule has 0 saturated carbocycles. The standard InChI is InChI=1S/C15H11Cl2N3/c16-11-4-6-13(7-5-11)20-9-14(18)15(19-20)10-2-1-3-12(17)8-10/h1-9H,18H2. The number of aromatic nitrogens is 2. The summed E-state index contributed by atoms with van der Waals surface area (Å²) in [6.07, 6.45) is 1.78. The largest absolute Gasteiger partial charge is 0.396 e. The first-order valence-electron chi connectivity index (χ1n) is 6.00. The van der Waals surface area contributed by atoms with E-state index in [1.165, 1.54) is 0 Å². The third-order valence-electron chi connectivity index (χ3n) is 2.93. The average molecular weight is 304 g/mol. The molecule has 2 aromatic carbocycles. The fourth-order valence-electron chi connectivity index (χ4n) is 1.97. The van der Waals surface area contributed by atoms with Crippen LogP contribution in [0.1, 0.15) is 0 Å². The number of halogens is 2. The number of hydrogen-bond acceptors (Lipinski definition) is 2. The maximum Gasteiger partial charge on any atom is 0.116 e. The van der Waals surface area contributed by atoms with Crippen molar-refractivity contribution in [2.45, 2.75) is 0 Å². The van der Waals surface area contributed by atoms with Crippen molar-refractivity contribution in [3.63, 3.8) is 0 Å². The quantitative estimate of drug-likeness (QED) is 0.761. The zero-order valence-electron chi connectivity index (χ0n) is 10.4. The SMILES string of the molecule is Nc1cn(-c2ccc(Cl)cc2)nc1-c1cccc(Cl)c1. The highest BCUT2D eigenvalue weighted by molar-refractivity contribution is 6.31. The third kappa shape index (κ3) is 2.50. The Morgan fingerprint density at radius 3 is 2.40 bits per heavy atom. The van der Waals surface area contributed by atoms with Crippen LogP contribution in [0.15, 0.2) is 54.7 Å². The summed E-state index contributed by atoms with van der Waals surface area (Å²) in [5.74, 6) is 0. The van der Waals surface area contributed by atoms with Gasteiger partial charge in [0.1, 0.15) is 5.69 Å². The number of benzene rings is 2. The average Bonchev–Trinajstić information content (AvgIpc) is 2.82. The Labute approximate surface area is 126 Å². The normalized spacial score (nSPS) is 10.7. The zero-order chi connectivity index (χ0) is 14.1. The second kappa shape index (κ2) is 5.19. The van der Waals surface area contributed by atoms with Gasteiger partial charge in [-0.05, 0) is 36.4 Å². The van der Waals surface area contributed by atoms with E-state index in [2.05, 4.69) is 5.10 Å². The molecule has 2 N–H and O–H groups in total. The Morgan fingerprint density at radius 1 is 0.950 bits per heavy atom. The number of nitrogen functional groups attached to an aromatic ring is 1. The first-order valence-corrected chi connectivity index (χ1v) is 6.76. The third-order valence-corrected chi connectivity index (χ3v) is 3.42. The van der Waals surface area contributed by atoms with E-state index in [4.69, 9.17) is 28.9 Å². The molecule has 3 aromatic rings. The number of hydrogen-bond donors (Lipinski definition) is 1. The fraction of sp³-hybridized carbons (Fsp3) is 0. The molecule has 100 valence electrons. The Balaban J connectivity index is 2.05. The lowest BCUT2D eigenvalue weighted by molar-refractivity contribution is 0.884. The molecule has 3 nitrogen and oxygen atoms in total. The summed E-state index contributed by atoms with van der Waals surface area (Å²) in [4.78, 5) is 0. The van der Waals surface area contributed by atoms with Crippen LogP contribution < -0.4 is 5.73 Å². The molecular weight excluding hydrogens is 293 g/mol. The van der Waals surface area contributed by atoms with Crippen molar-refractivity contribution in [2.75, 3.05) is 5.73 Å². The Morgan fingerprint density at radius 2 is 1.70 bits per heavy atom. The van der Waals surface area contributed by atoms with E-state index < -0.39 is 0 Å². The van der Waals surface area contributed by atoms with Crippen LogP contribution in [0, 0.1) is 0 Å². The second-order valence-electron chi connectivity index (χ2n) is 4.36. The summed E-state index contributed by atoms with van der Waals surface area (Å²) in [5, 5.41) is 5.85. The van der Waals surface area contributed by atoms with Crippen LogP contribution in [0.2, 0.25) is 10.0 Å². The molecule has 0 aliphatic heterocycles. The number of anilines is 1. The highest BCUT2D eigenvalue weighted by atomic mass is 35.5. The maximum atomic E-state index is 6.04. The summed E-state index contributed by atoms with van der Waals surface area (Å²) in [6, 6.07) is 14.9. The minimum Gasteiger partial charge on any atom is -0.396 e. The zero-order valence-corrected chi connectivity index (χ0v) is 11.9. The van der Waals surface area contributed by atoms with Crippen molar-refractivity contribution in [3.8, 4) is 16.9 Å². The highest BCUT2D eigenvalue weighted by Gasteiger charge is 2.10. The van der Waals surface area contributed by atoms with E-state index in [9.17, 15) is 0 Å². The van der Waals surface area contributed by atoms with Crippen molar-refractivity contribution in [2.24, 2.45) is 0 Å². The molecule has 5 heteroatoms. The molecule has 0 bridgehead atoms. The molecule has 0 aliphatic rings. The van der Waals surface area contributed by atoms with Gasteiger partial charge in [-0.15, -0.1) is 0 Å². The molecule has 0 aliphatic carbocycles. The molecule has 20 heavy (non-hydrogen) atoms. The summed E-state index contributed by atoms with van der Waals surface area (Å²) in [6.45, 7) is 0. The molecule has 0 spiro atoms. The first kappa shape index (κ1) is 13.0. The molecular formula is C15H11Cl2N3. The van der Waals surface area contributed by atoms with Crippen molar-refractivity contribution in [3.05, 3.63) is 64.8 Å². The van der Waals surface area contributed by atoms with Gasteiger partial charge in [0.15, 0.2) is 0 Å².